The second-order valence-corrected chi connectivity index (χ2v) is 3.22. The van der Waals surface area contributed by atoms with E-state index in [0.717, 1.165) is 6.42 Å². The van der Waals surface area contributed by atoms with E-state index in [0.29, 0.717) is 5.92 Å². The van der Waals surface area contributed by atoms with Crippen LogP contribution in [-0.4, -0.2) is 11.8 Å². The molecule has 0 bridgehead atoms. The summed E-state index contributed by atoms with van der Waals surface area (Å²) < 4.78 is 0. The number of imide groups is 1. The molecule has 3 nitrogen and oxygen atoms in total. The zero-order chi connectivity index (χ0) is 9.72. The van der Waals surface area contributed by atoms with Crippen molar-refractivity contribution in [3.05, 3.63) is 0 Å². The van der Waals surface area contributed by atoms with Crippen LogP contribution in [0.15, 0.2) is 0 Å². The highest BCUT2D eigenvalue weighted by molar-refractivity contribution is 5.95. The molecule has 0 aliphatic heterocycles. The number of amides is 2. The van der Waals surface area contributed by atoms with Crippen molar-refractivity contribution >= 4 is 11.8 Å². The highest BCUT2D eigenvalue weighted by Crippen LogP contribution is 2.13. The number of hydrogen-bond acceptors (Lipinski definition) is 2. The maximum atomic E-state index is 11.2. The van der Waals surface area contributed by atoms with Crippen molar-refractivity contribution < 1.29 is 9.59 Å². The molecule has 0 spiro atoms. The SMILES string of the molecule is CC[C@H](C)[C@H](C)C(=O)NC(C)=O. The third-order valence-electron chi connectivity index (χ3n) is 2.21. The Bertz CT molecular complexity index is 177. The van der Waals surface area contributed by atoms with Gasteiger partial charge in [-0.3, -0.25) is 14.9 Å². The van der Waals surface area contributed by atoms with Crippen molar-refractivity contribution in [1.29, 1.82) is 0 Å². The monoisotopic (exact) mass is 171 g/mol. The van der Waals surface area contributed by atoms with Gasteiger partial charge in [-0.1, -0.05) is 27.2 Å². The van der Waals surface area contributed by atoms with Crippen molar-refractivity contribution in [2.75, 3.05) is 0 Å². The van der Waals surface area contributed by atoms with E-state index in [1.54, 1.807) is 0 Å². The van der Waals surface area contributed by atoms with Gasteiger partial charge in [-0.2, -0.15) is 0 Å². The van der Waals surface area contributed by atoms with Gasteiger partial charge in [-0.15, -0.1) is 0 Å². The lowest BCUT2D eigenvalue weighted by Crippen LogP contribution is -2.35. The van der Waals surface area contributed by atoms with Gasteiger partial charge in [0.25, 0.3) is 0 Å². The molecule has 12 heavy (non-hydrogen) atoms. The summed E-state index contributed by atoms with van der Waals surface area (Å²) in [5.41, 5.74) is 0. The Balaban J connectivity index is 4.01. The lowest BCUT2D eigenvalue weighted by molar-refractivity contribution is -0.132. The van der Waals surface area contributed by atoms with E-state index >= 15 is 0 Å². The van der Waals surface area contributed by atoms with Gasteiger partial charge in [-0.25, -0.2) is 0 Å². The van der Waals surface area contributed by atoms with Crippen molar-refractivity contribution in [2.45, 2.75) is 34.1 Å². The van der Waals surface area contributed by atoms with Gasteiger partial charge in [-0.05, 0) is 5.92 Å². The van der Waals surface area contributed by atoms with Crippen LogP contribution in [0.1, 0.15) is 34.1 Å². The summed E-state index contributed by atoms with van der Waals surface area (Å²) >= 11 is 0. The Morgan fingerprint density at radius 3 is 2.17 bits per heavy atom. The zero-order valence-corrected chi connectivity index (χ0v) is 8.18. The summed E-state index contributed by atoms with van der Waals surface area (Å²) in [6.45, 7) is 7.22. The molecular formula is C9H17NO2. The molecule has 0 saturated carbocycles. The fraction of sp³-hybridized carbons (Fsp3) is 0.778. The van der Waals surface area contributed by atoms with Crippen molar-refractivity contribution in [1.82, 2.24) is 5.32 Å². The molecule has 2 atom stereocenters. The Morgan fingerprint density at radius 1 is 1.33 bits per heavy atom. The van der Waals surface area contributed by atoms with Gasteiger partial charge < -0.3 is 0 Å². The van der Waals surface area contributed by atoms with Crippen LogP contribution in [0.25, 0.3) is 0 Å². The first-order chi connectivity index (χ1) is 5.49. The zero-order valence-electron chi connectivity index (χ0n) is 8.18. The topological polar surface area (TPSA) is 46.2 Å². The summed E-state index contributed by atoms with van der Waals surface area (Å²) in [6.07, 6.45) is 0.951. The quantitative estimate of drug-likeness (QED) is 0.696. The largest absolute Gasteiger partial charge is 0.296 e. The van der Waals surface area contributed by atoms with Gasteiger partial charge >= 0.3 is 0 Å². The number of nitrogens with one attached hydrogen (secondary N) is 1. The molecule has 1 N–H and O–H groups in total. The van der Waals surface area contributed by atoms with Crippen LogP contribution in [0.3, 0.4) is 0 Å². The first-order valence-corrected chi connectivity index (χ1v) is 4.30. The van der Waals surface area contributed by atoms with Crippen molar-refractivity contribution in [2.24, 2.45) is 11.8 Å². The summed E-state index contributed by atoms with van der Waals surface area (Å²) in [6, 6.07) is 0. The highest BCUT2D eigenvalue weighted by Gasteiger charge is 2.18. The Morgan fingerprint density at radius 2 is 1.83 bits per heavy atom. The van der Waals surface area contributed by atoms with Crippen molar-refractivity contribution in [3.63, 3.8) is 0 Å². The second kappa shape index (κ2) is 4.91. The molecule has 0 saturated heterocycles. The maximum absolute atomic E-state index is 11.2. The van der Waals surface area contributed by atoms with E-state index in [9.17, 15) is 9.59 Å². The maximum Gasteiger partial charge on any atom is 0.229 e. The van der Waals surface area contributed by atoms with E-state index in [2.05, 4.69) is 5.32 Å². The van der Waals surface area contributed by atoms with Crippen LogP contribution in [-0.2, 0) is 9.59 Å². The normalized spacial score (nSPS) is 15.0. The van der Waals surface area contributed by atoms with Crippen LogP contribution >= 0.6 is 0 Å². The molecule has 0 aromatic carbocycles. The number of carbonyl (C=O) groups is 2. The minimum absolute atomic E-state index is 0.0844. The third-order valence-corrected chi connectivity index (χ3v) is 2.21. The highest BCUT2D eigenvalue weighted by atomic mass is 16.2. The Hall–Kier alpha value is -0.860. The molecule has 0 aromatic heterocycles. The van der Waals surface area contributed by atoms with E-state index < -0.39 is 0 Å². The fourth-order valence-electron chi connectivity index (χ4n) is 0.899. The molecule has 0 unspecified atom stereocenters. The van der Waals surface area contributed by atoms with Crippen molar-refractivity contribution in [3.8, 4) is 0 Å². The standard InChI is InChI=1S/C9H17NO2/c1-5-6(2)7(3)9(12)10-8(4)11/h6-7H,5H2,1-4H3,(H,10,11,12)/t6-,7-/m0/s1. The third kappa shape index (κ3) is 3.51. The predicted octanol–water partition coefficient (Wildman–Crippen LogP) is 1.33. The lowest BCUT2D eigenvalue weighted by Gasteiger charge is -2.16. The van der Waals surface area contributed by atoms with Crippen LogP contribution in [0.5, 0.6) is 0 Å². The molecule has 0 fully saturated rings. The summed E-state index contributed by atoms with van der Waals surface area (Å²) in [4.78, 5) is 21.8. The van der Waals surface area contributed by atoms with Gasteiger partial charge in [0.15, 0.2) is 0 Å². The van der Waals surface area contributed by atoms with Crippen LogP contribution in [0.4, 0.5) is 0 Å². The fourth-order valence-corrected chi connectivity index (χ4v) is 0.899. The second-order valence-electron chi connectivity index (χ2n) is 3.22. The Labute approximate surface area is 73.5 Å². The predicted molar refractivity (Wildman–Crippen MR) is 47.4 cm³/mol. The molecule has 70 valence electrons. The average molecular weight is 171 g/mol. The molecule has 0 heterocycles. The Kier molecular flexibility index (Phi) is 4.55. The minimum Gasteiger partial charge on any atom is -0.296 e. The number of hydrogen-bond donors (Lipinski definition) is 1. The first-order valence-electron chi connectivity index (χ1n) is 4.30. The van der Waals surface area contributed by atoms with E-state index in [-0.39, 0.29) is 17.7 Å². The number of rotatable bonds is 3. The van der Waals surface area contributed by atoms with E-state index in [1.807, 2.05) is 20.8 Å². The molecule has 0 rings (SSSR count). The van der Waals surface area contributed by atoms with Gasteiger partial charge in [0.2, 0.25) is 11.8 Å². The molecule has 2 amide bonds. The van der Waals surface area contributed by atoms with E-state index in [1.165, 1.54) is 6.92 Å². The minimum atomic E-state index is -0.282. The smallest absolute Gasteiger partial charge is 0.229 e. The molecule has 0 radical (unpaired) electrons. The summed E-state index contributed by atoms with van der Waals surface area (Å²) in [5, 5.41) is 2.28. The van der Waals surface area contributed by atoms with Gasteiger partial charge in [0.1, 0.15) is 0 Å². The van der Waals surface area contributed by atoms with Crippen LogP contribution in [0.2, 0.25) is 0 Å². The summed E-state index contributed by atoms with van der Waals surface area (Å²) in [5.74, 6) is -0.213. The van der Waals surface area contributed by atoms with Crippen LogP contribution < -0.4 is 5.32 Å². The molecular weight excluding hydrogens is 154 g/mol. The lowest BCUT2D eigenvalue weighted by atomic mass is 9.93. The molecule has 0 aliphatic rings. The number of carbonyl (C=O) groups excluding carboxylic acids is 2. The molecule has 0 aromatic rings. The van der Waals surface area contributed by atoms with Gasteiger partial charge in [0.05, 0.1) is 0 Å². The van der Waals surface area contributed by atoms with Crippen LogP contribution in [0, 0.1) is 11.8 Å². The average Bonchev–Trinajstić information content (AvgIpc) is 2.00. The molecule has 3 heteroatoms. The molecule has 0 aliphatic carbocycles. The van der Waals surface area contributed by atoms with Gasteiger partial charge in [0, 0.05) is 12.8 Å². The summed E-state index contributed by atoms with van der Waals surface area (Å²) in [7, 11) is 0. The first kappa shape index (κ1) is 11.1. The van der Waals surface area contributed by atoms with E-state index in [4.69, 9.17) is 0 Å².